The van der Waals surface area contributed by atoms with Gasteiger partial charge in [-0.3, -0.25) is 0 Å². The Morgan fingerprint density at radius 3 is 2.62 bits per heavy atom. The topological polar surface area (TPSA) is 106 Å². The largest absolute Gasteiger partial charge is 0.444 e. The van der Waals surface area contributed by atoms with E-state index < -0.39 is 15.6 Å². The molecule has 196 valence electrons. The molecule has 1 N–H and O–H groups in total. The molecule has 0 saturated carbocycles. The highest BCUT2D eigenvalue weighted by Gasteiger charge is 2.30. The van der Waals surface area contributed by atoms with E-state index in [4.69, 9.17) is 4.74 Å². The van der Waals surface area contributed by atoms with E-state index in [1.807, 2.05) is 20.8 Å². The number of aromatic nitrogens is 3. The number of ether oxygens (including phenoxy) is 1. The van der Waals surface area contributed by atoms with Crippen LogP contribution in [0.25, 0.3) is 16.6 Å². The molecule has 0 unspecified atom stereocenters. The monoisotopic (exact) mass is 523 g/mol. The summed E-state index contributed by atoms with van der Waals surface area (Å²) in [6.45, 7) is 6.68. The minimum absolute atomic E-state index is 0.0566. The van der Waals surface area contributed by atoms with Crippen LogP contribution in [0.4, 0.5) is 10.6 Å². The summed E-state index contributed by atoms with van der Waals surface area (Å²) in [5.41, 5.74) is 1.70. The quantitative estimate of drug-likeness (QED) is 0.499. The maximum absolute atomic E-state index is 13.6. The highest BCUT2D eigenvalue weighted by Crippen LogP contribution is 2.38. The molecule has 0 bridgehead atoms. The van der Waals surface area contributed by atoms with Crippen LogP contribution in [0.1, 0.15) is 58.4 Å². The molecule has 0 radical (unpaired) electrons. The van der Waals surface area contributed by atoms with Crippen LogP contribution in [0.2, 0.25) is 0 Å². The number of piperidine rings is 1. The smallest absolute Gasteiger partial charge is 0.410 e. The number of fused-ring (bicyclic) bond motifs is 1. The fourth-order valence-electron chi connectivity index (χ4n) is 4.97. The van der Waals surface area contributed by atoms with E-state index in [1.165, 1.54) is 10.3 Å². The summed E-state index contributed by atoms with van der Waals surface area (Å²) in [7, 11) is -3.86. The lowest BCUT2D eigenvalue weighted by Gasteiger charge is -2.34. The second-order valence-corrected chi connectivity index (χ2v) is 12.4. The van der Waals surface area contributed by atoms with Gasteiger partial charge in [0.25, 0.3) is 10.0 Å². The Morgan fingerprint density at radius 2 is 1.92 bits per heavy atom. The van der Waals surface area contributed by atoms with Crippen molar-refractivity contribution < 1.29 is 17.9 Å². The molecule has 9 nitrogen and oxygen atoms in total. The van der Waals surface area contributed by atoms with Gasteiger partial charge in [-0.25, -0.2) is 27.2 Å². The molecular weight excluding hydrogens is 490 g/mol. The number of anilines is 1. The van der Waals surface area contributed by atoms with Gasteiger partial charge in [0.1, 0.15) is 17.7 Å². The van der Waals surface area contributed by atoms with Crippen LogP contribution in [0.15, 0.2) is 53.8 Å². The van der Waals surface area contributed by atoms with Gasteiger partial charge < -0.3 is 15.0 Å². The molecular formula is C27H33N5O4S. The van der Waals surface area contributed by atoms with Crippen molar-refractivity contribution in [2.45, 2.75) is 69.4 Å². The minimum atomic E-state index is -3.86. The summed E-state index contributed by atoms with van der Waals surface area (Å²) in [6, 6.07) is 8.32. The standard InChI is InChI=1S/C27H33N5O4S/c1-27(2,3)36-26(33)31-15-9-12-20(16-31)30-24-23-22(19-10-7-8-11-19)17-32(25(23)29-18-28-24)37(34,35)21-13-5-4-6-14-21/h4-6,10,13-14,17-18,20H,7-9,11-12,15-16H2,1-3H3,(H,28,29,30)/t20-/m1/s1. The average Bonchev–Trinajstić information content (AvgIpc) is 3.53. The van der Waals surface area contributed by atoms with Gasteiger partial charge in [0.05, 0.1) is 10.3 Å². The minimum Gasteiger partial charge on any atom is -0.444 e. The van der Waals surface area contributed by atoms with Crippen molar-refractivity contribution in [3.63, 3.8) is 0 Å². The van der Waals surface area contributed by atoms with Crippen molar-refractivity contribution in [3.05, 3.63) is 54.5 Å². The zero-order valence-electron chi connectivity index (χ0n) is 21.5. The molecule has 1 fully saturated rings. The van der Waals surface area contributed by atoms with Crippen molar-refractivity contribution in [2.75, 3.05) is 18.4 Å². The molecule has 3 aromatic rings. The third-order valence-electron chi connectivity index (χ3n) is 6.65. The Kier molecular flexibility index (Phi) is 6.70. The molecule has 1 aliphatic heterocycles. The number of benzene rings is 1. The van der Waals surface area contributed by atoms with Gasteiger partial charge in [0.15, 0.2) is 5.65 Å². The van der Waals surface area contributed by atoms with Crippen molar-refractivity contribution in [2.24, 2.45) is 0 Å². The lowest BCUT2D eigenvalue weighted by Crippen LogP contribution is -2.47. The Bertz CT molecular complexity index is 1440. The van der Waals surface area contributed by atoms with E-state index in [0.29, 0.717) is 29.9 Å². The van der Waals surface area contributed by atoms with E-state index in [0.717, 1.165) is 43.2 Å². The molecule has 0 spiro atoms. The van der Waals surface area contributed by atoms with Gasteiger partial charge in [-0.05, 0) is 70.6 Å². The van der Waals surface area contributed by atoms with E-state index in [9.17, 15) is 13.2 Å². The highest BCUT2D eigenvalue weighted by molar-refractivity contribution is 7.90. The zero-order valence-corrected chi connectivity index (χ0v) is 22.3. The number of nitrogens with one attached hydrogen (secondary N) is 1. The number of hydrogen-bond donors (Lipinski definition) is 1. The highest BCUT2D eigenvalue weighted by atomic mass is 32.2. The van der Waals surface area contributed by atoms with Gasteiger partial charge in [-0.2, -0.15) is 0 Å². The van der Waals surface area contributed by atoms with Crippen molar-refractivity contribution in [1.29, 1.82) is 0 Å². The fourth-order valence-corrected chi connectivity index (χ4v) is 6.31. The Morgan fingerprint density at radius 1 is 1.14 bits per heavy atom. The lowest BCUT2D eigenvalue weighted by molar-refractivity contribution is 0.0206. The van der Waals surface area contributed by atoms with Gasteiger partial charge in [-0.1, -0.05) is 24.3 Å². The average molecular weight is 524 g/mol. The predicted molar refractivity (Wildman–Crippen MR) is 143 cm³/mol. The molecule has 1 saturated heterocycles. The first-order valence-electron chi connectivity index (χ1n) is 12.7. The third-order valence-corrected chi connectivity index (χ3v) is 8.32. The first kappa shape index (κ1) is 25.3. The van der Waals surface area contributed by atoms with Crippen molar-refractivity contribution in [3.8, 4) is 0 Å². The number of carbonyl (C=O) groups is 1. The van der Waals surface area contributed by atoms with E-state index in [2.05, 4.69) is 21.4 Å². The SMILES string of the molecule is CC(C)(C)OC(=O)N1CCC[C@@H](Nc2ncnc3c2c(C2=CCCC2)cn3S(=O)(=O)c2ccccc2)C1. The molecule has 1 amide bonds. The summed E-state index contributed by atoms with van der Waals surface area (Å²) < 4.78 is 34.1. The van der Waals surface area contributed by atoms with Gasteiger partial charge in [0.2, 0.25) is 0 Å². The van der Waals surface area contributed by atoms with E-state index in [1.54, 1.807) is 41.4 Å². The summed E-state index contributed by atoms with van der Waals surface area (Å²) >= 11 is 0. The zero-order chi connectivity index (χ0) is 26.2. The second kappa shape index (κ2) is 9.81. The maximum Gasteiger partial charge on any atom is 0.410 e. The molecule has 37 heavy (non-hydrogen) atoms. The lowest BCUT2D eigenvalue weighted by atomic mass is 10.0. The first-order chi connectivity index (χ1) is 17.6. The maximum atomic E-state index is 13.6. The third kappa shape index (κ3) is 5.20. The van der Waals surface area contributed by atoms with Crippen molar-refractivity contribution >= 4 is 38.5 Å². The first-order valence-corrected chi connectivity index (χ1v) is 14.2. The Balaban J connectivity index is 1.52. The number of rotatable bonds is 5. The van der Waals surface area contributed by atoms with Gasteiger partial charge in [0, 0.05) is 30.9 Å². The van der Waals surface area contributed by atoms with Gasteiger partial charge >= 0.3 is 6.09 Å². The number of amides is 1. The van der Waals surface area contributed by atoms with Crippen LogP contribution >= 0.6 is 0 Å². The summed E-state index contributed by atoms with van der Waals surface area (Å²) in [4.78, 5) is 23.6. The summed E-state index contributed by atoms with van der Waals surface area (Å²) in [5.74, 6) is 0.575. The molecule has 1 aliphatic carbocycles. The normalized spacial score (nSPS) is 18.6. The van der Waals surface area contributed by atoms with E-state index in [-0.39, 0.29) is 17.0 Å². The number of likely N-dealkylation sites (tertiary alicyclic amines) is 1. The molecule has 2 aromatic heterocycles. The molecule has 1 atom stereocenters. The second-order valence-electron chi connectivity index (χ2n) is 10.6. The molecule has 2 aliphatic rings. The molecule has 1 aromatic carbocycles. The predicted octanol–water partition coefficient (Wildman–Crippen LogP) is 5.05. The van der Waals surface area contributed by atoms with Crippen molar-refractivity contribution in [1.82, 2.24) is 18.8 Å². The van der Waals surface area contributed by atoms with Crippen LogP contribution in [-0.2, 0) is 14.8 Å². The van der Waals surface area contributed by atoms with Crippen LogP contribution < -0.4 is 5.32 Å². The Labute approximate surface area is 217 Å². The number of hydrogen-bond acceptors (Lipinski definition) is 7. The van der Waals surface area contributed by atoms with Crippen LogP contribution in [-0.4, -0.2) is 58.1 Å². The van der Waals surface area contributed by atoms with E-state index >= 15 is 0 Å². The van der Waals surface area contributed by atoms with Crippen LogP contribution in [0, 0.1) is 0 Å². The summed E-state index contributed by atoms with van der Waals surface area (Å²) in [6.07, 6.45) is 9.43. The molecule has 10 heteroatoms. The molecule has 5 rings (SSSR count). The fraction of sp³-hybridized carbons (Fsp3) is 0.444. The summed E-state index contributed by atoms with van der Waals surface area (Å²) in [5, 5.41) is 4.19. The van der Waals surface area contributed by atoms with Crippen LogP contribution in [0.5, 0.6) is 0 Å². The number of carbonyl (C=O) groups excluding carboxylic acids is 1. The number of nitrogens with zero attached hydrogens (tertiary/aromatic N) is 4. The molecule has 3 heterocycles. The van der Waals surface area contributed by atoms with Crippen LogP contribution in [0.3, 0.4) is 0 Å². The van der Waals surface area contributed by atoms with Gasteiger partial charge in [-0.15, -0.1) is 0 Å². The number of allylic oxidation sites excluding steroid dienone is 2. The Hall–Kier alpha value is -3.40.